The largest absolute Gasteiger partial charge is 0.480 e. The lowest BCUT2D eigenvalue weighted by Gasteiger charge is -2.32. The third kappa shape index (κ3) is 5.53. The van der Waals surface area contributed by atoms with Crippen LogP contribution in [0.15, 0.2) is 0 Å². The number of carboxylic acid groups (broad SMARTS) is 1. The summed E-state index contributed by atoms with van der Waals surface area (Å²) in [7, 11) is -3.40. The normalized spacial score (nSPS) is 21.2. The number of hydrogen-bond donors (Lipinski definition) is 2. The highest BCUT2D eigenvalue weighted by Crippen LogP contribution is 2.08. The molecule has 110 valence electrons. The second-order valence-electron chi connectivity index (χ2n) is 4.33. The third-order valence-corrected chi connectivity index (χ3v) is 4.50. The van der Waals surface area contributed by atoms with Crippen LogP contribution < -0.4 is 5.73 Å². The molecule has 1 fully saturated rings. The van der Waals surface area contributed by atoms with E-state index >= 15 is 0 Å². The molecule has 0 aromatic carbocycles. The van der Waals surface area contributed by atoms with Gasteiger partial charge >= 0.3 is 5.97 Å². The highest BCUT2D eigenvalue weighted by atomic mass is 32.2. The first-order chi connectivity index (χ1) is 8.82. The van der Waals surface area contributed by atoms with E-state index in [1.54, 1.807) is 4.90 Å². The first kappa shape index (κ1) is 15.9. The smallest absolute Gasteiger partial charge is 0.323 e. The van der Waals surface area contributed by atoms with Gasteiger partial charge in [-0.1, -0.05) is 0 Å². The topological polar surface area (TPSA) is 127 Å². The van der Waals surface area contributed by atoms with Crippen LogP contribution >= 0.6 is 0 Å². The third-order valence-electron chi connectivity index (χ3n) is 2.87. The summed E-state index contributed by atoms with van der Waals surface area (Å²) in [6.07, 6.45) is -0.214. The van der Waals surface area contributed by atoms with Crippen LogP contribution in [0.2, 0.25) is 0 Å². The quantitative estimate of drug-likeness (QED) is 0.559. The van der Waals surface area contributed by atoms with Gasteiger partial charge in [0.15, 0.2) is 9.84 Å². The van der Waals surface area contributed by atoms with Gasteiger partial charge in [-0.05, 0) is 0 Å². The van der Waals surface area contributed by atoms with E-state index in [0.717, 1.165) is 0 Å². The predicted octanol–water partition coefficient (Wildman–Crippen LogP) is -1.94. The van der Waals surface area contributed by atoms with Crippen molar-refractivity contribution < 1.29 is 27.9 Å². The summed E-state index contributed by atoms with van der Waals surface area (Å²) in [6, 6.07) is -0.819. The van der Waals surface area contributed by atoms with Gasteiger partial charge in [-0.3, -0.25) is 14.5 Å². The van der Waals surface area contributed by atoms with Crippen molar-refractivity contribution in [3.63, 3.8) is 0 Å². The Morgan fingerprint density at radius 1 is 1.37 bits per heavy atom. The summed E-state index contributed by atoms with van der Waals surface area (Å²) in [4.78, 5) is 23.1. The van der Waals surface area contributed by atoms with E-state index in [4.69, 9.17) is 15.6 Å². The lowest BCUT2D eigenvalue weighted by molar-refractivity contribution is -0.149. The Bertz CT molecular complexity index is 435. The van der Waals surface area contributed by atoms with Crippen LogP contribution in [0, 0.1) is 0 Å². The summed E-state index contributed by atoms with van der Waals surface area (Å²) >= 11 is 0. The van der Waals surface area contributed by atoms with Crippen molar-refractivity contribution in [3.8, 4) is 0 Å². The maximum Gasteiger partial charge on any atom is 0.323 e. The van der Waals surface area contributed by atoms with Crippen LogP contribution in [0.5, 0.6) is 0 Å². The Hall–Kier alpha value is -1.19. The zero-order chi connectivity index (χ0) is 14.5. The standard InChI is InChI=1S/C10H18N2O6S/c11-9(13)1-5-19(16,17)6-3-12-2-4-18-7-8(12)10(14)15/h8H,1-7H2,(H2,11,13)(H,14,15). The van der Waals surface area contributed by atoms with Crippen molar-refractivity contribution in [2.45, 2.75) is 12.5 Å². The van der Waals surface area contributed by atoms with Gasteiger partial charge in [0.25, 0.3) is 0 Å². The van der Waals surface area contributed by atoms with Crippen LogP contribution in [-0.4, -0.2) is 74.2 Å². The van der Waals surface area contributed by atoms with Crippen molar-refractivity contribution in [2.75, 3.05) is 37.8 Å². The van der Waals surface area contributed by atoms with Gasteiger partial charge in [0.05, 0.1) is 24.7 Å². The van der Waals surface area contributed by atoms with Crippen LogP contribution in [0.4, 0.5) is 0 Å². The van der Waals surface area contributed by atoms with E-state index < -0.39 is 27.8 Å². The van der Waals surface area contributed by atoms with Crippen LogP contribution in [0.1, 0.15) is 6.42 Å². The molecular weight excluding hydrogens is 276 g/mol. The minimum atomic E-state index is -3.40. The number of carbonyl (C=O) groups excluding carboxylic acids is 1. The first-order valence-electron chi connectivity index (χ1n) is 5.85. The summed E-state index contributed by atoms with van der Waals surface area (Å²) in [6.45, 7) is 0.922. The van der Waals surface area contributed by atoms with Gasteiger partial charge in [-0.25, -0.2) is 8.42 Å². The molecule has 0 aromatic heterocycles. The monoisotopic (exact) mass is 294 g/mol. The summed E-state index contributed by atoms with van der Waals surface area (Å²) < 4.78 is 28.3. The fourth-order valence-electron chi connectivity index (χ4n) is 1.75. The van der Waals surface area contributed by atoms with Gasteiger partial charge in [-0.15, -0.1) is 0 Å². The van der Waals surface area contributed by atoms with Crippen molar-refractivity contribution in [3.05, 3.63) is 0 Å². The maximum atomic E-state index is 11.6. The van der Waals surface area contributed by atoms with Gasteiger partial charge in [0, 0.05) is 19.5 Å². The van der Waals surface area contributed by atoms with E-state index in [0.29, 0.717) is 13.2 Å². The van der Waals surface area contributed by atoms with Gasteiger partial charge in [-0.2, -0.15) is 0 Å². The molecule has 0 saturated carbocycles. The molecule has 0 aliphatic carbocycles. The van der Waals surface area contributed by atoms with E-state index in [-0.39, 0.29) is 31.1 Å². The number of nitrogens with two attached hydrogens (primary N) is 1. The Morgan fingerprint density at radius 2 is 2.05 bits per heavy atom. The fourth-order valence-corrected chi connectivity index (χ4v) is 2.98. The van der Waals surface area contributed by atoms with E-state index in [1.165, 1.54) is 0 Å². The van der Waals surface area contributed by atoms with E-state index in [1.807, 2.05) is 0 Å². The number of rotatable bonds is 7. The number of carboxylic acids is 1. The number of nitrogens with zero attached hydrogens (tertiary/aromatic N) is 1. The lowest BCUT2D eigenvalue weighted by atomic mass is 10.2. The molecule has 0 radical (unpaired) electrons. The molecule has 1 rings (SSSR count). The average Bonchev–Trinajstić information content (AvgIpc) is 2.34. The lowest BCUT2D eigenvalue weighted by Crippen LogP contribution is -2.51. The molecule has 1 heterocycles. The number of primary amides is 1. The SMILES string of the molecule is NC(=O)CCS(=O)(=O)CCN1CCOCC1C(=O)O. The Kier molecular flexibility index (Phi) is 5.70. The van der Waals surface area contributed by atoms with Gasteiger partial charge in [0.2, 0.25) is 5.91 Å². The molecule has 1 aliphatic rings. The minimum Gasteiger partial charge on any atom is -0.480 e. The molecule has 19 heavy (non-hydrogen) atoms. The maximum absolute atomic E-state index is 11.6. The zero-order valence-electron chi connectivity index (χ0n) is 10.4. The molecule has 1 atom stereocenters. The van der Waals surface area contributed by atoms with E-state index in [9.17, 15) is 18.0 Å². The van der Waals surface area contributed by atoms with Crippen molar-refractivity contribution >= 4 is 21.7 Å². The van der Waals surface area contributed by atoms with E-state index in [2.05, 4.69) is 0 Å². The molecule has 1 unspecified atom stereocenters. The molecule has 0 spiro atoms. The highest BCUT2D eigenvalue weighted by molar-refractivity contribution is 7.91. The second kappa shape index (κ2) is 6.83. The van der Waals surface area contributed by atoms with Crippen molar-refractivity contribution in [2.24, 2.45) is 5.73 Å². The number of carbonyl (C=O) groups is 2. The summed E-state index contributed by atoms with van der Waals surface area (Å²) in [5.41, 5.74) is 4.89. The number of hydrogen-bond acceptors (Lipinski definition) is 6. The minimum absolute atomic E-state index is 0.0522. The Labute approximate surface area is 111 Å². The molecular formula is C10H18N2O6S. The molecule has 3 N–H and O–H groups in total. The molecule has 1 saturated heterocycles. The number of morpholine rings is 1. The molecule has 8 nitrogen and oxygen atoms in total. The fraction of sp³-hybridized carbons (Fsp3) is 0.800. The van der Waals surface area contributed by atoms with Gasteiger partial charge in [0.1, 0.15) is 6.04 Å². The van der Waals surface area contributed by atoms with Crippen LogP contribution in [0.25, 0.3) is 0 Å². The zero-order valence-corrected chi connectivity index (χ0v) is 11.3. The summed E-state index contributed by atoms with van der Waals surface area (Å²) in [5, 5.41) is 8.98. The number of aliphatic carboxylic acids is 1. The molecule has 0 bridgehead atoms. The first-order valence-corrected chi connectivity index (χ1v) is 7.67. The predicted molar refractivity (Wildman–Crippen MR) is 66.3 cm³/mol. The Balaban J connectivity index is 2.49. The van der Waals surface area contributed by atoms with Crippen molar-refractivity contribution in [1.82, 2.24) is 4.90 Å². The number of ether oxygens (including phenoxy) is 1. The number of sulfone groups is 1. The van der Waals surface area contributed by atoms with Crippen LogP contribution in [-0.2, 0) is 24.2 Å². The number of amides is 1. The van der Waals surface area contributed by atoms with Crippen LogP contribution in [0.3, 0.4) is 0 Å². The molecule has 9 heteroatoms. The Morgan fingerprint density at radius 3 is 2.63 bits per heavy atom. The van der Waals surface area contributed by atoms with Crippen molar-refractivity contribution in [1.29, 1.82) is 0 Å². The molecule has 0 aromatic rings. The average molecular weight is 294 g/mol. The molecule has 1 amide bonds. The highest BCUT2D eigenvalue weighted by Gasteiger charge is 2.29. The molecule has 1 aliphatic heterocycles. The second-order valence-corrected chi connectivity index (χ2v) is 6.64. The van der Waals surface area contributed by atoms with Gasteiger partial charge < -0.3 is 15.6 Å². The summed E-state index contributed by atoms with van der Waals surface area (Å²) in [5.74, 6) is -2.19.